The predicted octanol–water partition coefficient (Wildman–Crippen LogP) is 2.28. The molecular weight excluding hydrogens is 234 g/mol. The molecule has 0 aliphatic carbocycles. The van der Waals surface area contributed by atoms with Gasteiger partial charge >= 0.3 is 0 Å². The van der Waals surface area contributed by atoms with Crippen molar-refractivity contribution < 1.29 is 0 Å². The van der Waals surface area contributed by atoms with Crippen molar-refractivity contribution in [1.82, 2.24) is 15.2 Å². The lowest BCUT2D eigenvalue weighted by atomic mass is 10.1. The molecule has 0 saturated carbocycles. The Kier molecular flexibility index (Phi) is 3.76. The molecule has 3 heteroatoms. The highest BCUT2D eigenvalue weighted by Gasteiger charge is 2.21. The van der Waals surface area contributed by atoms with Gasteiger partial charge in [-0.2, -0.15) is 0 Å². The molecule has 3 nitrogen and oxygen atoms in total. The lowest BCUT2D eigenvalue weighted by Crippen LogP contribution is -2.24. The first kappa shape index (κ1) is 12.6. The fourth-order valence-electron chi connectivity index (χ4n) is 2.97. The van der Waals surface area contributed by atoms with E-state index in [1.54, 1.807) is 0 Å². The van der Waals surface area contributed by atoms with Gasteiger partial charge in [0.25, 0.3) is 0 Å². The monoisotopic (exact) mass is 255 g/mol. The maximum absolute atomic E-state index is 4.54. The maximum atomic E-state index is 4.54. The number of hydrogen-bond donors (Lipinski definition) is 1. The summed E-state index contributed by atoms with van der Waals surface area (Å²) in [6.07, 6.45) is 3.33. The molecule has 1 N–H and O–H groups in total. The van der Waals surface area contributed by atoms with Crippen LogP contribution in [0.25, 0.3) is 10.9 Å². The van der Waals surface area contributed by atoms with Crippen molar-refractivity contribution >= 4 is 10.9 Å². The fourth-order valence-corrected chi connectivity index (χ4v) is 2.97. The van der Waals surface area contributed by atoms with E-state index >= 15 is 0 Å². The highest BCUT2D eigenvalue weighted by atomic mass is 15.1. The van der Waals surface area contributed by atoms with Crippen LogP contribution in [0.2, 0.25) is 0 Å². The Labute approximate surface area is 114 Å². The first-order valence-electron chi connectivity index (χ1n) is 7.06. The molecular formula is C16H21N3. The quantitative estimate of drug-likeness (QED) is 0.908. The molecule has 2 aromatic rings. The fraction of sp³-hybridized carbons (Fsp3) is 0.438. The molecule has 1 saturated heterocycles. The first-order valence-corrected chi connectivity index (χ1v) is 7.06. The van der Waals surface area contributed by atoms with Gasteiger partial charge in [0.1, 0.15) is 0 Å². The summed E-state index contributed by atoms with van der Waals surface area (Å²) in [6, 6.07) is 10.6. The van der Waals surface area contributed by atoms with E-state index in [0.717, 1.165) is 24.5 Å². The predicted molar refractivity (Wildman–Crippen MR) is 79.1 cm³/mol. The summed E-state index contributed by atoms with van der Waals surface area (Å²) in [6.45, 7) is 4.57. The van der Waals surface area contributed by atoms with Gasteiger partial charge in [-0.1, -0.05) is 18.2 Å². The summed E-state index contributed by atoms with van der Waals surface area (Å²) in [5.74, 6) is 0.804. The van der Waals surface area contributed by atoms with Gasteiger partial charge in [-0.05, 0) is 50.2 Å². The first-order chi connectivity index (χ1) is 9.35. The molecule has 2 heterocycles. The third-order valence-corrected chi connectivity index (χ3v) is 3.92. The number of aromatic nitrogens is 1. The average Bonchev–Trinajstić information content (AvgIpc) is 2.86. The third kappa shape index (κ3) is 2.94. The standard InChI is InChI=1S/C16H21N3/c1-17-9-13-6-7-19(11-13)12-14-8-15-4-2-3-5-16(15)18-10-14/h2-5,8,10,13,17H,6-7,9,11-12H2,1H3. The van der Waals surface area contributed by atoms with Gasteiger partial charge < -0.3 is 5.32 Å². The summed E-state index contributed by atoms with van der Waals surface area (Å²) >= 11 is 0. The minimum Gasteiger partial charge on any atom is -0.319 e. The van der Waals surface area contributed by atoms with Gasteiger partial charge in [0.2, 0.25) is 0 Å². The molecule has 0 radical (unpaired) electrons. The normalized spacial score (nSPS) is 20.2. The number of benzene rings is 1. The Hall–Kier alpha value is -1.45. The second-order valence-corrected chi connectivity index (χ2v) is 5.48. The van der Waals surface area contributed by atoms with Crippen LogP contribution in [0.4, 0.5) is 0 Å². The van der Waals surface area contributed by atoms with Crippen molar-refractivity contribution in [2.45, 2.75) is 13.0 Å². The van der Waals surface area contributed by atoms with Crippen LogP contribution in [0, 0.1) is 5.92 Å². The number of hydrogen-bond acceptors (Lipinski definition) is 3. The minimum absolute atomic E-state index is 0.804. The highest BCUT2D eigenvalue weighted by Crippen LogP contribution is 2.19. The van der Waals surface area contributed by atoms with Crippen LogP contribution in [0.3, 0.4) is 0 Å². The van der Waals surface area contributed by atoms with Crippen LogP contribution >= 0.6 is 0 Å². The Morgan fingerprint density at radius 1 is 1.37 bits per heavy atom. The van der Waals surface area contributed by atoms with Crippen molar-refractivity contribution in [3.8, 4) is 0 Å². The molecule has 1 aliphatic heterocycles. The number of fused-ring (bicyclic) bond motifs is 1. The van der Waals surface area contributed by atoms with Crippen LogP contribution < -0.4 is 5.32 Å². The molecule has 19 heavy (non-hydrogen) atoms. The maximum Gasteiger partial charge on any atom is 0.0702 e. The summed E-state index contributed by atoms with van der Waals surface area (Å²) in [5.41, 5.74) is 2.41. The smallest absolute Gasteiger partial charge is 0.0702 e. The van der Waals surface area contributed by atoms with E-state index in [2.05, 4.69) is 39.5 Å². The summed E-state index contributed by atoms with van der Waals surface area (Å²) in [4.78, 5) is 7.08. The molecule has 100 valence electrons. The molecule has 0 spiro atoms. The number of pyridine rings is 1. The van der Waals surface area contributed by atoms with E-state index in [0.29, 0.717) is 0 Å². The highest BCUT2D eigenvalue weighted by molar-refractivity contribution is 5.78. The van der Waals surface area contributed by atoms with Crippen LogP contribution in [-0.4, -0.2) is 36.6 Å². The molecule has 1 fully saturated rings. The van der Waals surface area contributed by atoms with E-state index in [9.17, 15) is 0 Å². The van der Waals surface area contributed by atoms with Crippen molar-refractivity contribution in [2.24, 2.45) is 5.92 Å². The molecule has 1 aromatic heterocycles. The molecule has 1 aliphatic rings. The second kappa shape index (κ2) is 5.68. The third-order valence-electron chi connectivity index (χ3n) is 3.92. The van der Waals surface area contributed by atoms with Crippen molar-refractivity contribution in [3.63, 3.8) is 0 Å². The summed E-state index contributed by atoms with van der Waals surface area (Å²) in [7, 11) is 2.04. The zero-order valence-electron chi connectivity index (χ0n) is 11.5. The van der Waals surface area contributed by atoms with Gasteiger partial charge in [-0.25, -0.2) is 0 Å². The van der Waals surface area contributed by atoms with Gasteiger partial charge in [0, 0.05) is 24.7 Å². The van der Waals surface area contributed by atoms with Crippen LogP contribution in [0.5, 0.6) is 0 Å². The number of likely N-dealkylation sites (tertiary alicyclic amines) is 1. The number of para-hydroxylation sites is 1. The van der Waals surface area contributed by atoms with E-state index < -0.39 is 0 Å². The van der Waals surface area contributed by atoms with Gasteiger partial charge in [-0.15, -0.1) is 0 Å². The van der Waals surface area contributed by atoms with E-state index in [1.165, 1.54) is 30.5 Å². The minimum atomic E-state index is 0.804. The number of rotatable bonds is 4. The number of nitrogens with zero attached hydrogens (tertiary/aromatic N) is 2. The number of nitrogens with one attached hydrogen (secondary N) is 1. The van der Waals surface area contributed by atoms with Crippen molar-refractivity contribution in [1.29, 1.82) is 0 Å². The van der Waals surface area contributed by atoms with E-state index in [-0.39, 0.29) is 0 Å². The molecule has 3 rings (SSSR count). The SMILES string of the molecule is CNCC1CCN(Cc2cnc3ccccc3c2)C1. The topological polar surface area (TPSA) is 28.2 Å². The zero-order valence-corrected chi connectivity index (χ0v) is 11.5. The Morgan fingerprint density at radius 2 is 2.26 bits per heavy atom. The molecule has 1 aromatic carbocycles. The van der Waals surface area contributed by atoms with Crippen molar-refractivity contribution in [2.75, 3.05) is 26.7 Å². The van der Waals surface area contributed by atoms with Crippen LogP contribution in [0.1, 0.15) is 12.0 Å². The molecule has 1 unspecified atom stereocenters. The average molecular weight is 255 g/mol. The Bertz CT molecular complexity index is 552. The summed E-state index contributed by atoms with van der Waals surface area (Å²) in [5, 5.41) is 4.52. The molecule has 0 bridgehead atoms. The van der Waals surface area contributed by atoms with Gasteiger partial charge in [0.15, 0.2) is 0 Å². The summed E-state index contributed by atoms with van der Waals surface area (Å²) < 4.78 is 0. The van der Waals surface area contributed by atoms with E-state index in [1.807, 2.05) is 19.3 Å². The van der Waals surface area contributed by atoms with E-state index in [4.69, 9.17) is 0 Å². The van der Waals surface area contributed by atoms with Crippen LogP contribution in [0.15, 0.2) is 36.5 Å². The molecule has 0 amide bonds. The van der Waals surface area contributed by atoms with Crippen LogP contribution in [-0.2, 0) is 6.54 Å². The van der Waals surface area contributed by atoms with Gasteiger partial charge in [-0.3, -0.25) is 9.88 Å². The Balaban J connectivity index is 1.68. The lowest BCUT2D eigenvalue weighted by Gasteiger charge is -2.16. The largest absolute Gasteiger partial charge is 0.319 e. The Morgan fingerprint density at radius 3 is 3.16 bits per heavy atom. The zero-order chi connectivity index (χ0) is 13.1. The second-order valence-electron chi connectivity index (χ2n) is 5.48. The lowest BCUT2D eigenvalue weighted by molar-refractivity contribution is 0.315. The van der Waals surface area contributed by atoms with Crippen molar-refractivity contribution in [3.05, 3.63) is 42.1 Å². The van der Waals surface area contributed by atoms with Gasteiger partial charge in [0.05, 0.1) is 5.52 Å². The molecule has 1 atom stereocenters.